The number of hydrogen-bond acceptors (Lipinski definition) is 6. The molecule has 1 fully saturated rings. The number of nitrogens with zero attached hydrogens (tertiary/aromatic N) is 1. The van der Waals surface area contributed by atoms with Gasteiger partial charge in [0.2, 0.25) is 10.0 Å². The third kappa shape index (κ3) is 4.52. The average Bonchev–Trinajstić information content (AvgIpc) is 3.32. The molecule has 7 nitrogen and oxygen atoms in total. The van der Waals surface area contributed by atoms with Crippen molar-refractivity contribution in [3.63, 3.8) is 0 Å². The molecule has 1 aliphatic rings. The van der Waals surface area contributed by atoms with Crippen molar-refractivity contribution in [3.05, 3.63) is 40.8 Å². The lowest BCUT2D eigenvalue weighted by Crippen LogP contribution is -2.27. The summed E-state index contributed by atoms with van der Waals surface area (Å²) in [7, 11) is -2.11. The largest absolute Gasteiger partial charge is 0.465 e. The summed E-state index contributed by atoms with van der Waals surface area (Å²) in [5.41, 5.74) is 1.06. The molecule has 0 radical (unpaired) electrons. The Labute approximate surface area is 173 Å². The van der Waals surface area contributed by atoms with Crippen LogP contribution in [0.2, 0.25) is 0 Å². The number of ether oxygens (including phenoxy) is 1. The normalized spacial score (nSPS) is 14.6. The number of nitrogens with one attached hydrogen (secondary N) is 2. The smallest absolute Gasteiger partial charge is 0.340 e. The first-order valence-corrected chi connectivity index (χ1v) is 11.3. The number of carbonyl (C=O) groups excluding carboxylic acids is 1. The van der Waals surface area contributed by atoms with Crippen molar-refractivity contribution in [2.75, 3.05) is 30.8 Å². The number of thiocarbonyl (C=S) groups is 1. The number of sulfonamides is 1. The molecule has 0 aliphatic carbocycles. The summed E-state index contributed by atoms with van der Waals surface area (Å²) in [5, 5.41) is 6.88. The summed E-state index contributed by atoms with van der Waals surface area (Å²) in [4.78, 5) is 13.1. The van der Waals surface area contributed by atoms with Gasteiger partial charge in [-0.25, -0.2) is 13.2 Å². The standard InChI is InChI=1S/C18H21N3O4S3/c1-12-11-15(17(22)25-2)16(27-12)20-18(26)19-13-5-7-14(8-6-13)28(23,24)21-9-3-4-10-21/h5-8,11H,3-4,9-10H2,1-2H3,(H2,19,20,26). The number of hydrogen-bond donors (Lipinski definition) is 2. The van der Waals surface area contributed by atoms with Gasteiger partial charge in [0.15, 0.2) is 5.11 Å². The maximum atomic E-state index is 12.6. The van der Waals surface area contributed by atoms with E-state index >= 15 is 0 Å². The van der Waals surface area contributed by atoms with E-state index in [1.807, 2.05) is 6.92 Å². The van der Waals surface area contributed by atoms with Crippen molar-refractivity contribution in [2.24, 2.45) is 0 Å². The Bertz CT molecular complexity index is 978. The molecule has 0 bridgehead atoms. The van der Waals surface area contributed by atoms with Crippen LogP contribution in [0.3, 0.4) is 0 Å². The molecule has 10 heteroatoms. The van der Waals surface area contributed by atoms with Gasteiger partial charge >= 0.3 is 5.97 Å². The number of rotatable bonds is 5. The third-order valence-electron chi connectivity index (χ3n) is 4.30. The summed E-state index contributed by atoms with van der Waals surface area (Å²) in [6.45, 7) is 3.02. The fourth-order valence-corrected chi connectivity index (χ4v) is 5.63. The molecular weight excluding hydrogens is 418 g/mol. The predicted octanol–water partition coefficient (Wildman–Crippen LogP) is 3.44. The lowest BCUT2D eigenvalue weighted by molar-refractivity contribution is 0.0602. The van der Waals surface area contributed by atoms with Crippen LogP contribution in [0.25, 0.3) is 0 Å². The molecule has 2 heterocycles. The molecule has 2 aromatic rings. The van der Waals surface area contributed by atoms with E-state index in [2.05, 4.69) is 10.6 Å². The number of thiophene rings is 1. The van der Waals surface area contributed by atoms with Crippen molar-refractivity contribution in [1.29, 1.82) is 0 Å². The van der Waals surface area contributed by atoms with E-state index in [4.69, 9.17) is 17.0 Å². The van der Waals surface area contributed by atoms with Gasteiger partial charge in [0, 0.05) is 23.7 Å². The maximum Gasteiger partial charge on any atom is 0.340 e. The van der Waals surface area contributed by atoms with Gasteiger partial charge in [-0.15, -0.1) is 11.3 Å². The highest BCUT2D eigenvalue weighted by atomic mass is 32.2. The Morgan fingerprint density at radius 3 is 2.43 bits per heavy atom. The Balaban J connectivity index is 1.68. The Kier molecular flexibility index (Phi) is 6.33. The van der Waals surface area contributed by atoms with Crippen LogP contribution in [0.1, 0.15) is 28.1 Å². The van der Waals surface area contributed by atoms with E-state index in [1.165, 1.54) is 22.8 Å². The first-order chi connectivity index (χ1) is 13.3. The van der Waals surface area contributed by atoms with Crippen molar-refractivity contribution in [3.8, 4) is 0 Å². The van der Waals surface area contributed by atoms with Crippen molar-refractivity contribution >= 4 is 55.3 Å². The molecule has 1 aliphatic heterocycles. The Hall–Kier alpha value is -2.01. The predicted molar refractivity (Wildman–Crippen MR) is 115 cm³/mol. The molecule has 0 saturated carbocycles. The molecule has 1 aromatic carbocycles. The molecule has 150 valence electrons. The molecule has 3 rings (SSSR count). The highest BCUT2D eigenvalue weighted by molar-refractivity contribution is 7.89. The lowest BCUT2D eigenvalue weighted by atomic mass is 10.3. The Morgan fingerprint density at radius 1 is 1.18 bits per heavy atom. The van der Waals surface area contributed by atoms with Gasteiger partial charge in [0.25, 0.3) is 0 Å². The van der Waals surface area contributed by atoms with Crippen molar-refractivity contribution in [2.45, 2.75) is 24.7 Å². The minimum Gasteiger partial charge on any atom is -0.465 e. The molecule has 28 heavy (non-hydrogen) atoms. The second kappa shape index (κ2) is 8.56. The van der Waals surface area contributed by atoms with Gasteiger partial charge < -0.3 is 15.4 Å². The Morgan fingerprint density at radius 2 is 1.82 bits per heavy atom. The van der Waals surface area contributed by atoms with Gasteiger partial charge in [-0.3, -0.25) is 0 Å². The monoisotopic (exact) mass is 439 g/mol. The molecule has 0 unspecified atom stereocenters. The van der Waals surface area contributed by atoms with Crippen LogP contribution in [0, 0.1) is 6.92 Å². The van der Waals surface area contributed by atoms with E-state index in [9.17, 15) is 13.2 Å². The average molecular weight is 440 g/mol. The first-order valence-electron chi connectivity index (χ1n) is 8.68. The van der Waals surface area contributed by atoms with Crippen LogP contribution in [-0.4, -0.2) is 44.0 Å². The summed E-state index contributed by atoms with van der Waals surface area (Å²) in [6, 6.07) is 8.19. The SMILES string of the molecule is COC(=O)c1cc(C)sc1NC(=S)Nc1ccc(S(=O)(=O)N2CCCC2)cc1. The number of methoxy groups -OCH3 is 1. The number of carbonyl (C=O) groups is 1. The number of esters is 1. The minimum atomic E-state index is -3.44. The summed E-state index contributed by atoms with van der Waals surface area (Å²) < 4.78 is 31.4. The van der Waals surface area contributed by atoms with E-state index in [0.29, 0.717) is 34.5 Å². The van der Waals surface area contributed by atoms with E-state index in [1.54, 1.807) is 30.3 Å². The van der Waals surface area contributed by atoms with E-state index < -0.39 is 16.0 Å². The first kappa shape index (κ1) is 20.7. The molecule has 0 atom stereocenters. The number of aryl methyl sites for hydroxylation is 1. The lowest BCUT2D eigenvalue weighted by Gasteiger charge is -2.16. The zero-order valence-corrected chi connectivity index (χ0v) is 18.0. The summed E-state index contributed by atoms with van der Waals surface area (Å²) >= 11 is 6.70. The van der Waals surface area contributed by atoms with Gasteiger partial charge in [0.1, 0.15) is 5.00 Å². The van der Waals surface area contributed by atoms with Crippen molar-refractivity contribution in [1.82, 2.24) is 4.31 Å². The number of anilines is 2. The van der Waals surface area contributed by atoms with Crippen LogP contribution in [0.4, 0.5) is 10.7 Å². The zero-order chi connectivity index (χ0) is 20.3. The molecule has 2 N–H and O–H groups in total. The van der Waals surface area contributed by atoms with Crippen molar-refractivity contribution < 1.29 is 17.9 Å². The fraction of sp³-hybridized carbons (Fsp3) is 0.333. The highest BCUT2D eigenvalue weighted by Crippen LogP contribution is 2.28. The zero-order valence-electron chi connectivity index (χ0n) is 15.5. The summed E-state index contributed by atoms with van der Waals surface area (Å²) in [5.74, 6) is -0.439. The van der Waals surface area contributed by atoms with Gasteiger partial charge in [-0.05, 0) is 62.3 Å². The second-order valence-electron chi connectivity index (χ2n) is 6.31. The topological polar surface area (TPSA) is 87.7 Å². The van der Waals surface area contributed by atoms with Crippen LogP contribution >= 0.6 is 23.6 Å². The third-order valence-corrected chi connectivity index (χ3v) is 7.39. The molecular formula is C18H21N3O4S3. The number of benzene rings is 1. The van der Waals surface area contributed by atoms with Gasteiger partial charge in [-0.1, -0.05) is 0 Å². The highest BCUT2D eigenvalue weighted by Gasteiger charge is 2.26. The van der Waals surface area contributed by atoms with Gasteiger partial charge in [0.05, 0.1) is 17.6 Å². The quantitative estimate of drug-likeness (QED) is 0.545. The second-order valence-corrected chi connectivity index (χ2v) is 9.91. The van der Waals surface area contributed by atoms with Crippen LogP contribution in [0.15, 0.2) is 35.2 Å². The minimum absolute atomic E-state index is 0.265. The molecule has 1 saturated heterocycles. The van der Waals surface area contributed by atoms with Crippen LogP contribution in [0.5, 0.6) is 0 Å². The molecule has 0 amide bonds. The molecule has 1 aromatic heterocycles. The fourth-order valence-electron chi connectivity index (χ4n) is 2.92. The van der Waals surface area contributed by atoms with Crippen LogP contribution in [-0.2, 0) is 14.8 Å². The van der Waals surface area contributed by atoms with E-state index in [-0.39, 0.29) is 4.90 Å². The van der Waals surface area contributed by atoms with Gasteiger partial charge in [-0.2, -0.15) is 4.31 Å². The summed E-state index contributed by atoms with van der Waals surface area (Å²) in [6.07, 6.45) is 1.79. The maximum absolute atomic E-state index is 12.6. The molecule has 0 spiro atoms. The van der Waals surface area contributed by atoms with Crippen LogP contribution < -0.4 is 10.6 Å². The van der Waals surface area contributed by atoms with E-state index in [0.717, 1.165) is 17.7 Å².